The summed E-state index contributed by atoms with van der Waals surface area (Å²) < 4.78 is 16.6. The number of epoxide rings is 2. The summed E-state index contributed by atoms with van der Waals surface area (Å²) in [4.78, 5) is 0. The highest BCUT2D eigenvalue weighted by molar-refractivity contribution is 4.87. The van der Waals surface area contributed by atoms with E-state index in [-0.39, 0.29) is 0 Å². The zero-order valence-electron chi connectivity index (χ0n) is 9.19. The van der Waals surface area contributed by atoms with E-state index < -0.39 is 0 Å². The van der Waals surface area contributed by atoms with Gasteiger partial charge in [0.1, 0.15) is 12.2 Å². The molecule has 0 aromatic carbocycles. The zero-order chi connectivity index (χ0) is 10.1. The molecule has 0 amide bonds. The maximum atomic E-state index is 5.98. The molecule has 3 rings (SSSR count). The molecule has 86 valence electrons. The number of rotatable bonds is 5. The van der Waals surface area contributed by atoms with Gasteiger partial charge in [0.15, 0.2) is 0 Å². The minimum absolute atomic E-state index is 0.356. The summed E-state index contributed by atoms with van der Waals surface area (Å²) >= 11 is 0. The lowest BCUT2D eigenvalue weighted by Gasteiger charge is -2.29. The van der Waals surface area contributed by atoms with E-state index >= 15 is 0 Å². The Morgan fingerprint density at radius 3 is 2.40 bits per heavy atom. The number of ether oxygens (including phenoxy) is 3. The number of hydrogen-bond donors (Lipinski definition) is 0. The van der Waals surface area contributed by atoms with Crippen LogP contribution in [-0.2, 0) is 14.2 Å². The summed E-state index contributed by atoms with van der Waals surface area (Å²) in [5.74, 6) is 0.741. The first-order chi connectivity index (χ1) is 7.43. The molecule has 3 heteroatoms. The SMILES string of the molecule is C1CCC(C(OCC2CO2)C2CO2)CC1. The Kier molecular flexibility index (Phi) is 2.95. The fourth-order valence-electron chi connectivity index (χ4n) is 2.64. The van der Waals surface area contributed by atoms with Crippen LogP contribution in [0.2, 0.25) is 0 Å². The zero-order valence-corrected chi connectivity index (χ0v) is 9.19. The molecule has 0 aromatic heterocycles. The van der Waals surface area contributed by atoms with Crippen molar-refractivity contribution in [3.05, 3.63) is 0 Å². The van der Waals surface area contributed by atoms with Gasteiger partial charge in [0.05, 0.1) is 25.9 Å². The smallest absolute Gasteiger partial charge is 0.107 e. The minimum atomic E-state index is 0.356. The fourth-order valence-corrected chi connectivity index (χ4v) is 2.64. The second-order valence-corrected chi connectivity index (χ2v) is 5.02. The average molecular weight is 212 g/mol. The molecule has 1 saturated carbocycles. The second-order valence-electron chi connectivity index (χ2n) is 5.02. The van der Waals surface area contributed by atoms with Crippen LogP contribution in [0, 0.1) is 5.92 Å². The van der Waals surface area contributed by atoms with E-state index in [9.17, 15) is 0 Å². The quantitative estimate of drug-likeness (QED) is 0.651. The third-order valence-electron chi connectivity index (χ3n) is 3.72. The van der Waals surface area contributed by atoms with Crippen LogP contribution < -0.4 is 0 Å². The summed E-state index contributed by atoms with van der Waals surface area (Å²) in [6.07, 6.45) is 7.94. The van der Waals surface area contributed by atoms with E-state index in [0.29, 0.717) is 18.3 Å². The van der Waals surface area contributed by atoms with Crippen molar-refractivity contribution < 1.29 is 14.2 Å². The molecule has 0 spiro atoms. The maximum absolute atomic E-state index is 5.98. The van der Waals surface area contributed by atoms with Crippen LogP contribution in [0.1, 0.15) is 32.1 Å². The largest absolute Gasteiger partial charge is 0.372 e. The summed E-state index contributed by atoms with van der Waals surface area (Å²) in [6, 6.07) is 0. The topological polar surface area (TPSA) is 34.3 Å². The van der Waals surface area contributed by atoms with Crippen LogP contribution in [-0.4, -0.2) is 38.1 Å². The van der Waals surface area contributed by atoms with Crippen LogP contribution >= 0.6 is 0 Å². The second kappa shape index (κ2) is 4.40. The standard InChI is InChI=1S/C12H20O3/c1-2-4-9(5-3-1)12(11-8-14-11)15-7-10-6-13-10/h9-12H,1-8H2. The van der Waals surface area contributed by atoms with Crippen LogP contribution in [0.4, 0.5) is 0 Å². The Morgan fingerprint density at radius 2 is 1.80 bits per heavy atom. The summed E-state index contributed by atoms with van der Waals surface area (Å²) in [5, 5.41) is 0. The molecule has 2 aliphatic heterocycles. The molecule has 3 unspecified atom stereocenters. The lowest BCUT2D eigenvalue weighted by Crippen LogP contribution is -2.32. The maximum Gasteiger partial charge on any atom is 0.107 e. The molecule has 0 N–H and O–H groups in total. The highest BCUT2D eigenvalue weighted by atomic mass is 16.6. The first kappa shape index (κ1) is 10.1. The Bertz CT molecular complexity index is 205. The van der Waals surface area contributed by atoms with Crippen molar-refractivity contribution in [2.75, 3.05) is 19.8 Å². The first-order valence-electron chi connectivity index (χ1n) is 6.28. The van der Waals surface area contributed by atoms with Crippen molar-refractivity contribution in [2.24, 2.45) is 5.92 Å². The molecular formula is C12H20O3. The van der Waals surface area contributed by atoms with Gasteiger partial charge in [0.25, 0.3) is 0 Å². The Hall–Kier alpha value is -0.120. The van der Waals surface area contributed by atoms with Crippen LogP contribution in [0.3, 0.4) is 0 Å². The highest BCUT2D eigenvalue weighted by Crippen LogP contribution is 2.34. The van der Waals surface area contributed by atoms with Crippen molar-refractivity contribution in [3.63, 3.8) is 0 Å². The molecule has 1 aliphatic carbocycles. The molecule has 2 saturated heterocycles. The van der Waals surface area contributed by atoms with Crippen molar-refractivity contribution in [1.29, 1.82) is 0 Å². The lowest BCUT2D eigenvalue weighted by molar-refractivity contribution is -0.0223. The van der Waals surface area contributed by atoms with Gasteiger partial charge in [0, 0.05) is 0 Å². The van der Waals surface area contributed by atoms with Gasteiger partial charge in [-0.25, -0.2) is 0 Å². The van der Waals surface area contributed by atoms with Gasteiger partial charge in [0.2, 0.25) is 0 Å². The number of hydrogen-bond acceptors (Lipinski definition) is 3. The third kappa shape index (κ3) is 2.71. The predicted octanol–water partition coefficient (Wildman–Crippen LogP) is 1.75. The van der Waals surface area contributed by atoms with Crippen molar-refractivity contribution in [1.82, 2.24) is 0 Å². The normalized spacial score (nSPS) is 37.6. The molecule has 2 heterocycles. The Balaban J connectivity index is 1.51. The molecule has 3 nitrogen and oxygen atoms in total. The van der Waals surface area contributed by atoms with Crippen LogP contribution in [0.25, 0.3) is 0 Å². The lowest BCUT2D eigenvalue weighted by atomic mass is 9.84. The molecule has 3 fully saturated rings. The molecule has 0 radical (unpaired) electrons. The minimum Gasteiger partial charge on any atom is -0.372 e. The Labute approximate surface area is 91.1 Å². The molecule has 0 aromatic rings. The van der Waals surface area contributed by atoms with E-state index in [1.807, 2.05) is 0 Å². The molecule has 15 heavy (non-hydrogen) atoms. The van der Waals surface area contributed by atoms with E-state index in [2.05, 4.69) is 0 Å². The summed E-state index contributed by atoms with van der Waals surface area (Å²) in [6.45, 7) is 2.58. The van der Waals surface area contributed by atoms with Gasteiger partial charge < -0.3 is 14.2 Å². The van der Waals surface area contributed by atoms with E-state index in [1.165, 1.54) is 32.1 Å². The van der Waals surface area contributed by atoms with Crippen molar-refractivity contribution in [3.8, 4) is 0 Å². The monoisotopic (exact) mass is 212 g/mol. The van der Waals surface area contributed by atoms with Gasteiger partial charge in [-0.3, -0.25) is 0 Å². The van der Waals surface area contributed by atoms with Gasteiger partial charge in [-0.1, -0.05) is 19.3 Å². The van der Waals surface area contributed by atoms with Crippen molar-refractivity contribution in [2.45, 2.75) is 50.4 Å². The predicted molar refractivity (Wildman–Crippen MR) is 55.8 cm³/mol. The van der Waals surface area contributed by atoms with Gasteiger partial charge in [-0.05, 0) is 18.8 Å². The van der Waals surface area contributed by atoms with E-state index in [4.69, 9.17) is 14.2 Å². The van der Waals surface area contributed by atoms with Gasteiger partial charge in [-0.15, -0.1) is 0 Å². The Morgan fingerprint density at radius 1 is 1.07 bits per heavy atom. The van der Waals surface area contributed by atoms with E-state index in [1.54, 1.807) is 0 Å². The average Bonchev–Trinajstić information content (AvgIpc) is 3.14. The summed E-state index contributed by atoms with van der Waals surface area (Å²) in [5.41, 5.74) is 0. The van der Waals surface area contributed by atoms with Gasteiger partial charge >= 0.3 is 0 Å². The van der Waals surface area contributed by atoms with Gasteiger partial charge in [-0.2, -0.15) is 0 Å². The first-order valence-corrected chi connectivity index (χ1v) is 6.28. The third-order valence-corrected chi connectivity index (χ3v) is 3.72. The van der Waals surface area contributed by atoms with Crippen molar-refractivity contribution >= 4 is 0 Å². The molecular weight excluding hydrogens is 192 g/mol. The summed E-state index contributed by atoms with van der Waals surface area (Å²) in [7, 11) is 0. The fraction of sp³-hybridized carbons (Fsp3) is 1.00. The molecule has 3 aliphatic rings. The molecule has 0 bridgehead atoms. The van der Waals surface area contributed by atoms with E-state index in [0.717, 1.165) is 25.7 Å². The molecule has 3 atom stereocenters. The van der Waals surface area contributed by atoms with Crippen LogP contribution in [0.15, 0.2) is 0 Å². The van der Waals surface area contributed by atoms with Crippen LogP contribution in [0.5, 0.6) is 0 Å². The highest BCUT2D eigenvalue weighted by Gasteiger charge is 2.40.